The Hall–Kier alpha value is -3.41. The quantitative estimate of drug-likeness (QED) is 0.354. The minimum atomic E-state index is -0.782. The highest BCUT2D eigenvalue weighted by Gasteiger charge is 2.44. The van der Waals surface area contributed by atoms with Gasteiger partial charge in [-0.2, -0.15) is 0 Å². The van der Waals surface area contributed by atoms with E-state index >= 15 is 0 Å². The monoisotopic (exact) mass is 555 g/mol. The molecule has 9 nitrogen and oxygen atoms in total. The lowest BCUT2D eigenvalue weighted by Gasteiger charge is -2.33. The van der Waals surface area contributed by atoms with E-state index in [1.807, 2.05) is 4.90 Å². The number of nitrogens with zero attached hydrogens (tertiary/aromatic N) is 4. The number of carbonyl (C=O) groups is 3. The van der Waals surface area contributed by atoms with Crippen LogP contribution in [0, 0.1) is 5.82 Å². The molecule has 2 aromatic rings. The number of benzene rings is 2. The third-order valence-corrected chi connectivity index (χ3v) is 7.35. The molecular weight excluding hydrogens is 521 g/mol. The van der Waals surface area contributed by atoms with Crippen LogP contribution >= 0.6 is 12.2 Å². The van der Waals surface area contributed by atoms with Crippen LogP contribution in [0.2, 0.25) is 0 Å². The smallest absolute Gasteiger partial charge is 0.338 e. The Balaban J connectivity index is 1.48. The number of rotatable bonds is 10. The molecule has 2 aliphatic heterocycles. The average Bonchev–Trinajstić information content (AvgIpc) is 3.15. The predicted octanol–water partition coefficient (Wildman–Crippen LogP) is 2.97. The molecule has 2 heterocycles. The van der Waals surface area contributed by atoms with Crippen molar-refractivity contribution >= 4 is 46.5 Å². The number of piperazine rings is 1. The summed E-state index contributed by atoms with van der Waals surface area (Å²) >= 11 is 5.75. The van der Waals surface area contributed by atoms with Crippen LogP contribution in [0.1, 0.15) is 30.1 Å². The zero-order chi connectivity index (χ0) is 27.9. The van der Waals surface area contributed by atoms with Gasteiger partial charge in [0, 0.05) is 38.4 Å². The molecule has 208 valence electrons. The Bertz CT molecular complexity index is 1190. The first-order valence-corrected chi connectivity index (χ1v) is 13.6. The second kappa shape index (κ2) is 13.1. The molecule has 2 aliphatic rings. The van der Waals surface area contributed by atoms with Gasteiger partial charge in [-0.15, -0.1) is 0 Å². The third kappa shape index (κ3) is 7.17. The SMILES string of the molecule is CCOC(=O)c1ccc(N2C(=O)[C@@H](CC(=O)Nc3ccc(F)cc3)N(CCCN3CCN(C)CC3)C2=S)cc1. The molecule has 0 aromatic heterocycles. The van der Waals surface area contributed by atoms with Crippen LogP contribution < -0.4 is 10.2 Å². The van der Waals surface area contributed by atoms with Crippen LogP contribution in [-0.4, -0.2) is 96.6 Å². The van der Waals surface area contributed by atoms with E-state index in [-0.39, 0.29) is 24.8 Å². The molecule has 11 heteroatoms. The first kappa shape index (κ1) is 28.6. The Morgan fingerprint density at radius 1 is 1.03 bits per heavy atom. The van der Waals surface area contributed by atoms with E-state index in [4.69, 9.17) is 17.0 Å². The van der Waals surface area contributed by atoms with Gasteiger partial charge in [0.25, 0.3) is 5.91 Å². The number of halogens is 1. The number of hydrogen-bond donors (Lipinski definition) is 1. The van der Waals surface area contributed by atoms with Crippen molar-refractivity contribution in [3.63, 3.8) is 0 Å². The minimum Gasteiger partial charge on any atom is -0.462 e. The second-order valence-corrected chi connectivity index (χ2v) is 10.1. The number of nitrogens with one attached hydrogen (secondary N) is 1. The first-order valence-electron chi connectivity index (χ1n) is 13.1. The summed E-state index contributed by atoms with van der Waals surface area (Å²) in [7, 11) is 2.11. The van der Waals surface area contributed by atoms with Crippen molar-refractivity contribution < 1.29 is 23.5 Å². The highest BCUT2D eigenvalue weighted by molar-refractivity contribution is 7.80. The Morgan fingerprint density at radius 2 is 1.69 bits per heavy atom. The predicted molar refractivity (Wildman–Crippen MR) is 151 cm³/mol. The summed E-state index contributed by atoms with van der Waals surface area (Å²) in [6.45, 7) is 7.39. The second-order valence-electron chi connectivity index (χ2n) is 9.69. The highest BCUT2D eigenvalue weighted by atomic mass is 32.1. The van der Waals surface area contributed by atoms with E-state index in [1.54, 1.807) is 31.2 Å². The zero-order valence-electron chi connectivity index (χ0n) is 22.3. The van der Waals surface area contributed by atoms with Crippen molar-refractivity contribution in [2.75, 3.05) is 63.1 Å². The molecule has 39 heavy (non-hydrogen) atoms. The molecule has 0 bridgehead atoms. The number of carbonyl (C=O) groups excluding carboxylic acids is 3. The zero-order valence-corrected chi connectivity index (χ0v) is 23.1. The maximum atomic E-state index is 13.6. The van der Waals surface area contributed by atoms with Crippen LogP contribution in [0.15, 0.2) is 48.5 Å². The largest absolute Gasteiger partial charge is 0.462 e. The van der Waals surface area contributed by atoms with Crippen molar-refractivity contribution in [3.05, 3.63) is 59.9 Å². The van der Waals surface area contributed by atoms with Crippen molar-refractivity contribution in [2.45, 2.75) is 25.8 Å². The van der Waals surface area contributed by atoms with Crippen molar-refractivity contribution in [3.8, 4) is 0 Å². The molecule has 1 atom stereocenters. The van der Waals surface area contributed by atoms with Gasteiger partial charge in [-0.3, -0.25) is 14.5 Å². The fourth-order valence-corrected chi connectivity index (χ4v) is 5.16. The first-order chi connectivity index (χ1) is 18.8. The lowest BCUT2D eigenvalue weighted by atomic mass is 10.1. The molecule has 0 aliphatic carbocycles. The van der Waals surface area contributed by atoms with E-state index in [0.29, 0.717) is 28.6 Å². The summed E-state index contributed by atoms with van der Waals surface area (Å²) in [5.74, 6) is -1.52. The Kier molecular flexibility index (Phi) is 9.60. The Morgan fingerprint density at radius 3 is 2.33 bits per heavy atom. The van der Waals surface area contributed by atoms with E-state index in [9.17, 15) is 18.8 Å². The Labute approximate surface area is 233 Å². The van der Waals surface area contributed by atoms with Crippen molar-refractivity contribution in [2.24, 2.45) is 0 Å². The van der Waals surface area contributed by atoms with Gasteiger partial charge < -0.3 is 24.8 Å². The van der Waals surface area contributed by atoms with Crippen LogP contribution in [0.25, 0.3) is 0 Å². The molecular formula is C28H34FN5O4S. The van der Waals surface area contributed by atoms with Crippen LogP contribution in [0.3, 0.4) is 0 Å². The molecule has 2 aromatic carbocycles. The summed E-state index contributed by atoms with van der Waals surface area (Å²) in [5, 5.41) is 3.06. The fourth-order valence-electron chi connectivity index (χ4n) is 4.74. The summed E-state index contributed by atoms with van der Waals surface area (Å²) in [4.78, 5) is 46.5. The average molecular weight is 556 g/mol. The number of likely N-dealkylation sites (N-methyl/N-ethyl adjacent to an activating group) is 1. The number of ether oxygens (including phenoxy) is 1. The van der Waals surface area contributed by atoms with Gasteiger partial charge in [-0.1, -0.05) is 0 Å². The van der Waals surface area contributed by atoms with E-state index in [0.717, 1.165) is 39.1 Å². The molecule has 0 saturated carbocycles. The maximum absolute atomic E-state index is 13.6. The number of amides is 2. The number of hydrogen-bond acceptors (Lipinski definition) is 7. The summed E-state index contributed by atoms with van der Waals surface area (Å²) in [6, 6.07) is 11.2. The maximum Gasteiger partial charge on any atom is 0.338 e. The van der Waals surface area contributed by atoms with E-state index in [2.05, 4.69) is 22.2 Å². The number of thiocarbonyl (C=S) groups is 1. The fraction of sp³-hybridized carbons (Fsp3) is 0.429. The summed E-state index contributed by atoms with van der Waals surface area (Å²) < 4.78 is 18.3. The van der Waals surface area contributed by atoms with Gasteiger partial charge in [0.2, 0.25) is 5.91 Å². The van der Waals surface area contributed by atoms with Crippen molar-refractivity contribution in [1.29, 1.82) is 0 Å². The molecule has 2 saturated heterocycles. The number of esters is 1. The van der Waals surface area contributed by atoms with Gasteiger partial charge in [0.1, 0.15) is 11.9 Å². The van der Waals surface area contributed by atoms with Crippen LogP contribution in [-0.2, 0) is 14.3 Å². The van der Waals surface area contributed by atoms with Gasteiger partial charge >= 0.3 is 5.97 Å². The molecule has 0 spiro atoms. The minimum absolute atomic E-state index is 0.109. The van der Waals surface area contributed by atoms with Crippen LogP contribution in [0.5, 0.6) is 0 Å². The van der Waals surface area contributed by atoms with E-state index < -0.39 is 17.8 Å². The molecule has 0 radical (unpaired) electrons. The van der Waals surface area contributed by atoms with Gasteiger partial charge in [-0.25, -0.2) is 9.18 Å². The molecule has 2 amide bonds. The number of anilines is 2. The van der Waals surface area contributed by atoms with E-state index in [1.165, 1.54) is 29.2 Å². The van der Waals surface area contributed by atoms with Gasteiger partial charge in [-0.05, 0) is 87.7 Å². The highest BCUT2D eigenvalue weighted by Crippen LogP contribution is 2.28. The molecule has 4 rings (SSSR count). The van der Waals surface area contributed by atoms with Crippen molar-refractivity contribution in [1.82, 2.24) is 14.7 Å². The normalized spacial score (nSPS) is 18.5. The topological polar surface area (TPSA) is 85.4 Å². The van der Waals surface area contributed by atoms with Gasteiger partial charge in [0.15, 0.2) is 5.11 Å². The third-order valence-electron chi connectivity index (χ3n) is 6.93. The molecule has 1 N–H and O–H groups in total. The van der Waals surface area contributed by atoms with Crippen LogP contribution in [0.4, 0.5) is 15.8 Å². The standard InChI is InChI=1S/C28H34FN5O4S/c1-3-38-27(37)20-5-11-23(12-6-20)34-26(36)24(19-25(35)30-22-9-7-21(29)8-10-22)33(28(34)39)14-4-13-32-17-15-31(2)16-18-32/h5-12,24H,3-4,13-19H2,1-2H3,(H,30,35)/t24-/m1/s1. The van der Waals surface area contributed by atoms with Gasteiger partial charge in [0.05, 0.1) is 24.3 Å². The lowest BCUT2D eigenvalue weighted by molar-refractivity contribution is -0.124. The molecule has 0 unspecified atom stereocenters. The molecule has 2 fully saturated rings. The lowest BCUT2D eigenvalue weighted by Crippen LogP contribution is -2.45. The summed E-state index contributed by atoms with van der Waals surface area (Å²) in [5.41, 5.74) is 1.34. The summed E-state index contributed by atoms with van der Waals surface area (Å²) in [6.07, 6.45) is 0.672.